The second-order valence-electron chi connectivity index (χ2n) is 7.62. The first-order valence-corrected chi connectivity index (χ1v) is 10.2. The molecule has 3 aliphatic rings. The lowest BCUT2D eigenvalue weighted by Crippen LogP contribution is -2.30. The Morgan fingerprint density at radius 2 is 1.81 bits per heavy atom. The zero-order chi connectivity index (χ0) is 20.6. The van der Waals surface area contributed by atoms with Crippen LogP contribution >= 0.6 is 0 Å². The Balaban J connectivity index is 1.46. The highest BCUT2D eigenvalue weighted by atomic mass is 16.7. The number of ether oxygens (including phenoxy) is 2. The van der Waals surface area contributed by atoms with Crippen molar-refractivity contribution in [2.24, 2.45) is 11.0 Å². The van der Waals surface area contributed by atoms with Crippen molar-refractivity contribution in [1.82, 2.24) is 14.8 Å². The molecule has 5 radical (unpaired) electrons. The fraction of sp³-hybridized carbons (Fsp3) is 0.167. The molecular weight excluding hydrogens is 390 g/mol. The first-order chi connectivity index (χ1) is 15.4. The predicted molar refractivity (Wildman–Crippen MR) is 116 cm³/mol. The van der Waals surface area contributed by atoms with Gasteiger partial charge in [-0.25, -0.2) is 4.98 Å². The van der Waals surface area contributed by atoms with E-state index in [1.165, 1.54) is 0 Å². The first-order valence-electron chi connectivity index (χ1n) is 10.2. The molecule has 0 bridgehead atoms. The molecule has 0 spiro atoms. The minimum atomic E-state index is -0.0361. The van der Waals surface area contributed by atoms with Gasteiger partial charge < -0.3 is 9.47 Å². The average Bonchev–Trinajstić information content (AvgIpc) is 3.61. The van der Waals surface area contributed by atoms with Gasteiger partial charge in [-0.2, -0.15) is 10.2 Å². The van der Waals surface area contributed by atoms with E-state index in [9.17, 15) is 0 Å². The minimum Gasteiger partial charge on any atom is -0.454 e. The summed E-state index contributed by atoms with van der Waals surface area (Å²) in [6.45, 7) is 0.913. The van der Waals surface area contributed by atoms with Gasteiger partial charge in [0, 0.05) is 11.8 Å². The van der Waals surface area contributed by atoms with E-state index in [-0.39, 0.29) is 18.8 Å². The summed E-state index contributed by atoms with van der Waals surface area (Å²) in [5, 5.41) is 11.6. The Morgan fingerprint density at radius 3 is 2.61 bits per heavy atom. The van der Waals surface area contributed by atoms with Crippen LogP contribution in [-0.4, -0.2) is 27.3 Å². The topological polar surface area (TPSA) is 64.8 Å². The summed E-state index contributed by atoms with van der Waals surface area (Å²) in [5.41, 5.74) is 3.19. The molecule has 6 rings (SSSR count). The minimum absolute atomic E-state index is 0.0361. The van der Waals surface area contributed by atoms with Crippen molar-refractivity contribution in [1.29, 1.82) is 0 Å². The molecule has 0 N–H and O–H groups in total. The van der Waals surface area contributed by atoms with Crippen molar-refractivity contribution in [3.05, 3.63) is 98.4 Å². The number of hydrazone groups is 1. The van der Waals surface area contributed by atoms with Crippen LogP contribution in [0.1, 0.15) is 11.6 Å². The molecule has 2 aromatic carbocycles. The van der Waals surface area contributed by atoms with E-state index in [0.29, 0.717) is 6.54 Å². The highest BCUT2D eigenvalue weighted by Crippen LogP contribution is 2.46. The zero-order valence-electron chi connectivity index (χ0n) is 16.7. The van der Waals surface area contributed by atoms with E-state index in [1.54, 1.807) is 12.7 Å². The van der Waals surface area contributed by atoms with E-state index >= 15 is 0 Å². The molecule has 2 atom stereocenters. The van der Waals surface area contributed by atoms with E-state index in [4.69, 9.17) is 14.6 Å². The van der Waals surface area contributed by atoms with Crippen LogP contribution in [0, 0.1) is 37.5 Å². The van der Waals surface area contributed by atoms with Gasteiger partial charge in [0.05, 0.1) is 24.0 Å². The first kappa shape index (κ1) is 18.4. The summed E-state index contributed by atoms with van der Waals surface area (Å²) in [4.78, 5) is 4.14. The van der Waals surface area contributed by atoms with Crippen molar-refractivity contribution in [2.75, 3.05) is 11.8 Å². The number of hydrogen-bond acceptors (Lipinski definition) is 6. The molecule has 1 fully saturated rings. The number of rotatable bonds is 5. The molecule has 7 nitrogen and oxygen atoms in total. The molecular formula is C24H20N5O2. The molecule has 153 valence electrons. The Labute approximate surface area is 181 Å². The summed E-state index contributed by atoms with van der Waals surface area (Å²) in [7, 11) is 0. The molecule has 1 aromatic heterocycles. The normalized spacial score (nSPS) is 22.8. The number of fused-ring (bicyclic) bond motifs is 1. The number of anilines is 1. The molecule has 3 aromatic rings. The molecule has 7 heteroatoms. The second kappa shape index (κ2) is 7.72. The summed E-state index contributed by atoms with van der Waals surface area (Å²) in [5.74, 6) is 2.73. The number of aromatic nitrogens is 3. The second-order valence-corrected chi connectivity index (χ2v) is 7.62. The number of benzene rings is 2. The third-order valence-electron chi connectivity index (χ3n) is 5.78. The quantitative estimate of drug-likeness (QED) is 0.643. The van der Waals surface area contributed by atoms with Crippen LogP contribution < -0.4 is 14.5 Å². The maximum absolute atomic E-state index is 5.67. The Morgan fingerprint density at radius 1 is 0.968 bits per heavy atom. The van der Waals surface area contributed by atoms with Gasteiger partial charge >= 0.3 is 0 Å². The third-order valence-corrected chi connectivity index (χ3v) is 5.78. The van der Waals surface area contributed by atoms with Crippen LogP contribution in [0.4, 0.5) is 5.69 Å². The van der Waals surface area contributed by atoms with Crippen molar-refractivity contribution < 1.29 is 9.47 Å². The Bertz CT molecular complexity index is 1080. The largest absolute Gasteiger partial charge is 0.454 e. The number of hydrogen-bond donors (Lipinski definition) is 0. The van der Waals surface area contributed by atoms with Crippen LogP contribution in [0.25, 0.3) is 0 Å². The lowest BCUT2D eigenvalue weighted by molar-refractivity contribution is 0.174. The molecule has 3 heterocycles. The van der Waals surface area contributed by atoms with Crippen LogP contribution in [-0.2, 0) is 6.54 Å². The van der Waals surface area contributed by atoms with E-state index < -0.39 is 0 Å². The maximum Gasteiger partial charge on any atom is 0.231 e. The van der Waals surface area contributed by atoms with E-state index in [2.05, 4.69) is 52.2 Å². The monoisotopic (exact) mass is 410 g/mol. The molecule has 1 saturated carbocycles. The van der Waals surface area contributed by atoms with E-state index in [0.717, 1.165) is 34.4 Å². The highest BCUT2D eigenvalue weighted by molar-refractivity contribution is 6.06. The summed E-state index contributed by atoms with van der Waals surface area (Å²) in [6, 6.07) is 16.4. The van der Waals surface area contributed by atoms with Gasteiger partial charge in [-0.15, -0.1) is 0 Å². The molecule has 0 saturated heterocycles. The predicted octanol–water partition coefficient (Wildman–Crippen LogP) is 3.65. The van der Waals surface area contributed by atoms with Crippen LogP contribution in [0.2, 0.25) is 0 Å². The smallest absolute Gasteiger partial charge is 0.231 e. The Hall–Kier alpha value is -3.35. The SMILES string of the molecule is [CH]1[CH][CH][C](C2=NN(c3ccccc3)[C@@H](c3ccc4c(c3)OCO4)[C@@H]2Cn2cncn2)[CH]1. The zero-order valence-corrected chi connectivity index (χ0v) is 16.7. The van der Waals surface area contributed by atoms with Crippen molar-refractivity contribution in [3.8, 4) is 11.5 Å². The Kier molecular flexibility index (Phi) is 4.59. The summed E-state index contributed by atoms with van der Waals surface area (Å²) < 4.78 is 13.1. The summed E-state index contributed by atoms with van der Waals surface area (Å²) in [6.07, 6.45) is 11.6. The van der Waals surface area contributed by atoms with Gasteiger partial charge in [-0.1, -0.05) is 24.3 Å². The number of para-hydroxylation sites is 1. The van der Waals surface area contributed by atoms with Crippen LogP contribution in [0.3, 0.4) is 0 Å². The van der Waals surface area contributed by atoms with Gasteiger partial charge in [0.2, 0.25) is 6.79 Å². The fourth-order valence-electron chi connectivity index (χ4n) is 4.37. The summed E-state index contributed by atoms with van der Waals surface area (Å²) >= 11 is 0. The third kappa shape index (κ3) is 3.34. The molecule has 0 unspecified atom stereocenters. The van der Waals surface area contributed by atoms with Gasteiger partial charge in [-0.05, 0) is 55.5 Å². The molecule has 1 aliphatic carbocycles. The molecule has 0 amide bonds. The van der Waals surface area contributed by atoms with Gasteiger partial charge in [0.25, 0.3) is 0 Å². The van der Waals surface area contributed by atoms with Crippen molar-refractivity contribution >= 4 is 11.4 Å². The van der Waals surface area contributed by atoms with Gasteiger partial charge in [0.15, 0.2) is 11.5 Å². The van der Waals surface area contributed by atoms with Crippen LogP contribution in [0.15, 0.2) is 66.3 Å². The standard InChI is InChI=1S/C24H20N5O2/c1-2-8-19(9-3-1)29-24(18-10-11-21-22(12-18)31-16-30-21)20(13-28-15-25-14-26-28)23(27-29)17-6-4-5-7-17/h1-12,14-15,20,24H,13,16H2/t20-,24+/m1/s1. The van der Waals surface area contributed by atoms with Crippen molar-refractivity contribution in [3.63, 3.8) is 0 Å². The highest BCUT2D eigenvalue weighted by Gasteiger charge is 2.43. The lowest BCUT2D eigenvalue weighted by Gasteiger charge is -2.29. The average molecular weight is 410 g/mol. The maximum atomic E-state index is 5.67. The lowest BCUT2D eigenvalue weighted by atomic mass is 9.83. The fourth-order valence-corrected chi connectivity index (χ4v) is 4.37. The van der Waals surface area contributed by atoms with Crippen molar-refractivity contribution in [2.45, 2.75) is 12.6 Å². The molecule has 31 heavy (non-hydrogen) atoms. The van der Waals surface area contributed by atoms with Gasteiger partial charge in [0.1, 0.15) is 12.7 Å². The van der Waals surface area contributed by atoms with Crippen LogP contribution in [0.5, 0.6) is 11.5 Å². The number of nitrogens with zero attached hydrogens (tertiary/aromatic N) is 5. The van der Waals surface area contributed by atoms with E-state index in [1.807, 2.05) is 41.8 Å². The van der Waals surface area contributed by atoms with Gasteiger partial charge in [-0.3, -0.25) is 9.69 Å². The molecule has 2 aliphatic heterocycles.